The summed E-state index contributed by atoms with van der Waals surface area (Å²) in [6.45, 7) is 0. The second kappa shape index (κ2) is 6.78. The van der Waals surface area contributed by atoms with Crippen molar-refractivity contribution >= 4 is 66.1 Å². The molecule has 0 aliphatic rings. The quantitative estimate of drug-likeness (QED) is 0.349. The fourth-order valence-electron chi connectivity index (χ4n) is 1.78. The van der Waals surface area contributed by atoms with Gasteiger partial charge in [0.05, 0.1) is 11.9 Å². The zero-order valence-corrected chi connectivity index (χ0v) is 16.0. The second-order valence-corrected chi connectivity index (χ2v) is 7.34. The Kier molecular flexibility index (Phi) is 5.57. The molecule has 0 radical (unpaired) electrons. The van der Waals surface area contributed by atoms with Gasteiger partial charge in [0, 0.05) is 18.6 Å². The van der Waals surface area contributed by atoms with Crippen LogP contribution in [0.1, 0.15) is 16.0 Å². The molecule has 2 rings (SSSR count). The van der Waals surface area contributed by atoms with Crippen LogP contribution >= 0.6 is 66.1 Å². The molecule has 1 atom stereocenters. The molecular weight excluding hydrogens is 506 g/mol. The summed E-state index contributed by atoms with van der Waals surface area (Å²) in [5, 5.41) is 0.699. The van der Waals surface area contributed by atoms with Crippen LogP contribution in [0.4, 0.5) is 0 Å². The third kappa shape index (κ3) is 3.65. The molecule has 0 aromatic heterocycles. The Morgan fingerprint density at radius 3 is 2.58 bits per heavy atom. The SMILES string of the molecule is COc1ccc(Cl)cc1C(Br)c1cc(Br)ccc1I. The van der Waals surface area contributed by atoms with Crippen LogP contribution in [0, 0.1) is 3.57 Å². The lowest BCUT2D eigenvalue weighted by Crippen LogP contribution is -1.99. The number of hydrogen-bond donors (Lipinski definition) is 0. The summed E-state index contributed by atoms with van der Waals surface area (Å²) in [4.78, 5) is 0.0329. The minimum Gasteiger partial charge on any atom is -0.496 e. The van der Waals surface area contributed by atoms with Crippen molar-refractivity contribution in [3.05, 3.63) is 60.6 Å². The summed E-state index contributed by atoms with van der Waals surface area (Å²) in [6.07, 6.45) is 0. The molecule has 0 saturated carbocycles. The highest BCUT2D eigenvalue weighted by atomic mass is 127. The third-order valence-corrected chi connectivity index (χ3v) is 5.39. The molecule has 0 spiro atoms. The molecule has 0 amide bonds. The van der Waals surface area contributed by atoms with Crippen molar-refractivity contribution in [2.75, 3.05) is 7.11 Å². The molecule has 100 valence electrons. The van der Waals surface area contributed by atoms with Gasteiger partial charge in [-0.05, 0) is 64.6 Å². The molecule has 0 N–H and O–H groups in total. The van der Waals surface area contributed by atoms with Gasteiger partial charge < -0.3 is 4.74 Å². The summed E-state index contributed by atoms with van der Waals surface area (Å²) < 4.78 is 7.64. The Bertz CT molecular complexity index is 604. The molecule has 0 aliphatic heterocycles. The van der Waals surface area contributed by atoms with Gasteiger partial charge in [-0.1, -0.05) is 43.5 Å². The Morgan fingerprint density at radius 2 is 1.89 bits per heavy atom. The van der Waals surface area contributed by atoms with E-state index in [-0.39, 0.29) is 4.83 Å². The molecule has 0 heterocycles. The van der Waals surface area contributed by atoms with Gasteiger partial charge in [-0.15, -0.1) is 0 Å². The Morgan fingerprint density at radius 1 is 1.16 bits per heavy atom. The summed E-state index contributed by atoms with van der Waals surface area (Å²) in [6, 6.07) is 11.8. The van der Waals surface area contributed by atoms with Gasteiger partial charge in [0.15, 0.2) is 0 Å². The Labute approximate surface area is 148 Å². The van der Waals surface area contributed by atoms with Crippen molar-refractivity contribution in [1.82, 2.24) is 0 Å². The lowest BCUT2D eigenvalue weighted by atomic mass is 10.0. The number of rotatable bonds is 3. The fourth-order valence-corrected chi connectivity index (χ4v) is 4.15. The first-order valence-corrected chi connectivity index (χ1v) is 8.62. The molecule has 2 aromatic rings. The van der Waals surface area contributed by atoms with Crippen LogP contribution in [0.25, 0.3) is 0 Å². The highest BCUT2D eigenvalue weighted by Gasteiger charge is 2.18. The topological polar surface area (TPSA) is 9.23 Å². The molecule has 2 aromatic carbocycles. The molecule has 0 saturated heterocycles. The number of hydrogen-bond acceptors (Lipinski definition) is 1. The Balaban J connectivity index is 2.51. The highest BCUT2D eigenvalue weighted by Crippen LogP contribution is 2.40. The molecule has 5 heteroatoms. The average molecular weight is 516 g/mol. The van der Waals surface area contributed by atoms with Gasteiger partial charge in [0.25, 0.3) is 0 Å². The average Bonchev–Trinajstić information content (AvgIpc) is 2.40. The summed E-state index contributed by atoms with van der Waals surface area (Å²) in [5.74, 6) is 0.821. The molecule has 1 unspecified atom stereocenters. The van der Waals surface area contributed by atoms with Crippen molar-refractivity contribution in [1.29, 1.82) is 0 Å². The van der Waals surface area contributed by atoms with Crippen LogP contribution in [-0.2, 0) is 0 Å². The van der Waals surface area contributed by atoms with Gasteiger partial charge in [0.1, 0.15) is 5.75 Å². The summed E-state index contributed by atoms with van der Waals surface area (Å²) >= 11 is 15.7. The third-order valence-electron chi connectivity index (χ3n) is 2.70. The zero-order chi connectivity index (χ0) is 14.0. The lowest BCUT2D eigenvalue weighted by molar-refractivity contribution is 0.410. The van der Waals surface area contributed by atoms with Crippen molar-refractivity contribution in [2.24, 2.45) is 0 Å². The first-order chi connectivity index (χ1) is 9.02. The van der Waals surface area contributed by atoms with Crippen LogP contribution in [0.5, 0.6) is 5.75 Å². The number of methoxy groups -OCH3 is 1. The maximum Gasteiger partial charge on any atom is 0.123 e. The number of alkyl halides is 1. The minimum atomic E-state index is 0.0329. The first-order valence-electron chi connectivity index (χ1n) is 5.45. The smallest absolute Gasteiger partial charge is 0.123 e. The van der Waals surface area contributed by atoms with E-state index in [1.165, 1.54) is 9.13 Å². The maximum atomic E-state index is 6.09. The molecule has 0 fully saturated rings. The first kappa shape index (κ1) is 15.6. The van der Waals surface area contributed by atoms with E-state index in [1.807, 2.05) is 24.3 Å². The standard InChI is InChI=1S/C14H10Br2ClIO/c1-19-13-5-3-9(17)7-11(13)14(16)10-6-8(15)2-4-12(10)18/h2-7,14H,1H3. The van der Waals surface area contributed by atoms with Crippen molar-refractivity contribution in [2.45, 2.75) is 4.83 Å². The van der Waals surface area contributed by atoms with Crippen LogP contribution in [-0.4, -0.2) is 7.11 Å². The van der Waals surface area contributed by atoms with E-state index in [1.54, 1.807) is 7.11 Å². The summed E-state index contributed by atoms with van der Waals surface area (Å²) in [7, 11) is 1.67. The van der Waals surface area contributed by atoms with E-state index in [4.69, 9.17) is 16.3 Å². The largest absolute Gasteiger partial charge is 0.496 e. The van der Waals surface area contributed by atoms with E-state index < -0.39 is 0 Å². The summed E-state index contributed by atoms with van der Waals surface area (Å²) in [5.41, 5.74) is 2.20. The van der Waals surface area contributed by atoms with Crippen LogP contribution < -0.4 is 4.74 Å². The van der Waals surface area contributed by atoms with Crippen molar-refractivity contribution in [3.63, 3.8) is 0 Å². The predicted octanol–water partition coefficient (Wildman–Crippen LogP) is 6.20. The molecule has 19 heavy (non-hydrogen) atoms. The van der Waals surface area contributed by atoms with Gasteiger partial charge in [-0.3, -0.25) is 0 Å². The van der Waals surface area contributed by atoms with Gasteiger partial charge in [-0.2, -0.15) is 0 Å². The zero-order valence-electron chi connectivity index (χ0n) is 9.96. The number of benzene rings is 2. The molecule has 1 nitrogen and oxygen atoms in total. The molecule has 0 bridgehead atoms. The van der Waals surface area contributed by atoms with E-state index in [0.717, 1.165) is 15.8 Å². The monoisotopic (exact) mass is 514 g/mol. The number of ether oxygens (including phenoxy) is 1. The fraction of sp³-hybridized carbons (Fsp3) is 0.143. The highest BCUT2D eigenvalue weighted by molar-refractivity contribution is 14.1. The van der Waals surface area contributed by atoms with Gasteiger partial charge in [0.2, 0.25) is 0 Å². The van der Waals surface area contributed by atoms with Crippen molar-refractivity contribution < 1.29 is 4.74 Å². The van der Waals surface area contributed by atoms with Crippen LogP contribution in [0.3, 0.4) is 0 Å². The molecule has 0 aliphatic carbocycles. The molecular formula is C14H10Br2ClIO. The second-order valence-electron chi connectivity index (χ2n) is 3.91. The van der Waals surface area contributed by atoms with E-state index in [2.05, 4.69) is 66.6 Å². The number of halogens is 4. The predicted molar refractivity (Wildman–Crippen MR) is 95.6 cm³/mol. The van der Waals surface area contributed by atoms with Gasteiger partial charge in [-0.25, -0.2) is 0 Å². The van der Waals surface area contributed by atoms with Crippen LogP contribution in [0.2, 0.25) is 5.02 Å². The normalized spacial score (nSPS) is 12.3. The lowest BCUT2D eigenvalue weighted by Gasteiger charge is -2.16. The van der Waals surface area contributed by atoms with E-state index >= 15 is 0 Å². The van der Waals surface area contributed by atoms with Crippen molar-refractivity contribution in [3.8, 4) is 5.75 Å². The minimum absolute atomic E-state index is 0.0329. The van der Waals surface area contributed by atoms with E-state index in [9.17, 15) is 0 Å². The van der Waals surface area contributed by atoms with Gasteiger partial charge >= 0.3 is 0 Å². The maximum absolute atomic E-state index is 6.09. The van der Waals surface area contributed by atoms with Crippen LogP contribution in [0.15, 0.2) is 40.9 Å². The van der Waals surface area contributed by atoms with E-state index in [0.29, 0.717) is 5.02 Å². The Hall–Kier alpha value is 0.220.